The lowest BCUT2D eigenvalue weighted by atomic mass is 10.1. The van der Waals surface area contributed by atoms with Crippen LogP contribution < -0.4 is 15.7 Å². The summed E-state index contributed by atoms with van der Waals surface area (Å²) in [5, 5.41) is 3.49. The molecule has 7 heteroatoms. The zero-order valence-electron chi connectivity index (χ0n) is 15.4. The van der Waals surface area contributed by atoms with Crippen LogP contribution in [0.5, 0.6) is 5.75 Å². The maximum atomic E-state index is 13.1. The molecular weight excluding hydrogens is 348 g/mol. The number of fused-ring (bicyclic) bond motifs is 3. The summed E-state index contributed by atoms with van der Waals surface area (Å²) in [6, 6.07) is 6.54. The fourth-order valence-corrected chi connectivity index (χ4v) is 3.94. The third-order valence-electron chi connectivity index (χ3n) is 5.12. The predicted molar refractivity (Wildman–Crippen MR) is 98.9 cm³/mol. The summed E-state index contributed by atoms with van der Waals surface area (Å²) in [7, 11) is 0. The van der Waals surface area contributed by atoms with Crippen molar-refractivity contribution in [3.63, 3.8) is 0 Å². The zero-order chi connectivity index (χ0) is 19.1. The van der Waals surface area contributed by atoms with E-state index in [1.54, 1.807) is 29.2 Å². The summed E-state index contributed by atoms with van der Waals surface area (Å²) in [5.41, 5.74) is -0.284. The van der Waals surface area contributed by atoms with Crippen LogP contribution in [0.25, 0.3) is 11.0 Å². The Morgan fingerprint density at radius 2 is 2.00 bits per heavy atom. The predicted octanol–water partition coefficient (Wildman–Crippen LogP) is 2.07. The molecule has 2 aliphatic rings. The molecule has 142 valence electrons. The van der Waals surface area contributed by atoms with Crippen LogP contribution in [0.2, 0.25) is 0 Å². The van der Waals surface area contributed by atoms with Crippen molar-refractivity contribution in [2.75, 3.05) is 6.54 Å². The SMILES string of the molecule is CC(C)Oc1ccc2cc(C(=O)N3[C@@H]4CC[C@H]3CNC(=O)C4)c(=O)oc2c1. The van der Waals surface area contributed by atoms with Crippen molar-refractivity contribution in [1.82, 2.24) is 10.2 Å². The molecule has 0 spiro atoms. The highest BCUT2D eigenvalue weighted by Gasteiger charge is 2.41. The lowest BCUT2D eigenvalue weighted by molar-refractivity contribution is -0.121. The lowest BCUT2D eigenvalue weighted by Gasteiger charge is -2.27. The van der Waals surface area contributed by atoms with Gasteiger partial charge >= 0.3 is 5.63 Å². The van der Waals surface area contributed by atoms with Crippen molar-refractivity contribution in [1.29, 1.82) is 0 Å². The molecule has 1 aromatic heterocycles. The Morgan fingerprint density at radius 3 is 2.78 bits per heavy atom. The second-order valence-corrected chi connectivity index (χ2v) is 7.42. The van der Waals surface area contributed by atoms with Crippen molar-refractivity contribution in [3.05, 3.63) is 40.2 Å². The van der Waals surface area contributed by atoms with E-state index in [0.717, 1.165) is 12.8 Å². The molecule has 0 saturated carbocycles. The van der Waals surface area contributed by atoms with Crippen LogP contribution in [0, 0.1) is 0 Å². The molecule has 0 unspecified atom stereocenters. The van der Waals surface area contributed by atoms with E-state index in [-0.39, 0.29) is 42.0 Å². The van der Waals surface area contributed by atoms with E-state index in [2.05, 4.69) is 5.32 Å². The standard InChI is InChI=1S/C20H22N2O5/c1-11(2)26-15-6-3-12-7-16(20(25)27-17(12)9-15)19(24)22-13-4-5-14(22)10-21-18(23)8-13/h3,6-7,9,11,13-14H,4-5,8,10H2,1-2H3,(H,21,23)/t13-,14+/m1/s1. The van der Waals surface area contributed by atoms with E-state index in [0.29, 0.717) is 23.3 Å². The molecule has 2 atom stereocenters. The van der Waals surface area contributed by atoms with Gasteiger partial charge in [0.25, 0.3) is 5.91 Å². The summed E-state index contributed by atoms with van der Waals surface area (Å²) >= 11 is 0. The van der Waals surface area contributed by atoms with Gasteiger partial charge in [-0.05, 0) is 44.9 Å². The van der Waals surface area contributed by atoms with E-state index in [1.807, 2.05) is 13.8 Å². The highest BCUT2D eigenvalue weighted by atomic mass is 16.5. The van der Waals surface area contributed by atoms with Crippen LogP contribution in [-0.2, 0) is 4.79 Å². The second-order valence-electron chi connectivity index (χ2n) is 7.42. The highest BCUT2D eigenvalue weighted by molar-refractivity contribution is 5.97. The van der Waals surface area contributed by atoms with E-state index < -0.39 is 5.63 Å². The average Bonchev–Trinajstić information content (AvgIpc) is 2.91. The number of carbonyl (C=O) groups is 2. The van der Waals surface area contributed by atoms with Gasteiger partial charge in [0, 0.05) is 36.5 Å². The van der Waals surface area contributed by atoms with Gasteiger partial charge in [-0.25, -0.2) is 4.79 Å². The zero-order valence-corrected chi connectivity index (χ0v) is 15.4. The summed E-state index contributed by atoms with van der Waals surface area (Å²) < 4.78 is 11.0. The third kappa shape index (κ3) is 3.29. The Kier molecular flexibility index (Phi) is 4.37. The van der Waals surface area contributed by atoms with Crippen LogP contribution >= 0.6 is 0 Å². The third-order valence-corrected chi connectivity index (χ3v) is 5.12. The van der Waals surface area contributed by atoms with Gasteiger partial charge in [0.2, 0.25) is 5.91 Å². The number of hydrogen-bond donors (Lipinski definition) is 1. The summed E-state index contributed by atoms with van der Waals surface area (Å²) in [6.07, 6.45) is 1.88. The number of hydrogen-bond acceptors (Lipinski definition) is 5. The summed E-state index contributed by atoms with van der Waals surface area (Å²) in [4.78, 5) is 39.1. The lowest BCUT2D eigenvalue weighted by Crippen LogP contribution is -2.44. The molecule has 2 aliphatic heterocycles. The molecule has 2 bridgehead atoms. The quantitative estimate of drug-likeness (QED) is 0.836. The van der Waals surface area contributed by atoms with Crippen LogP contribution in [-0.4, -0.2) is 41.4 Å². The molecule has 27 heavy (non-hydrogen) atoms. The molecule has 4 rings (SSSR count). The summed E-state index contributed by atoms with van der Waals surface area (Å²) in [5.74, 6) is 0.190. The van der Waals surface area contributed by atoms with Crippen molar-refractivity contribution >= 4 is 22.8 Å². The van der Waals surface area contributed by atoms with Gasteiger partial charge in [-0.15, -0.1) is 0 Å². The maximum absolute atomic E-state index is 13.1. The number of amides is 2. The Balaban J connectivity index is 1.69. The van der Waals surface area contributed by atoms with Crippen LogP contribution in [0.4, 0.5) is 0 Å². The first-order valence-electron chi connectivity index (χ1n) is 9.26. The normalized spacial score (nSPS) is 22.0. The first-order valence-corrected chi connectivity index (χ1v) is 9.26. The van der Waals surface area contributed by atoms with Gasteiger partial charge in [-0.3, -0.25) is 9.59 Å². The molecule has 2 saturated heterocycles. The Bertz CT molecular complexity index is 964. The molecule has 0 aliphatic carbocycles. The van der Waals surface area contributed by atoms with Crippen LogP contribution in [0.1, 0.15) is 43.5 Å². The topological polar surface area (TPSA) is 88.9 Å². The molecule has 2 amide bonds. The number of benzene rings is 1. The Hall–Kier alpha value is -2.83. The minimum absolute atomic E-state index is 0.00449. The number of carbonyl (C=O) groups excluding carboxylic acids is 2. The number of rotatable bonds is 3. The highest BCUT2D eigenvalue weighted by Crippen LogP contribution is 2.30. The second kappa shape index (κ2) is 6.72. The first-order chi connectivity index (χ1) is 12.9. The van der Waals surface area contributed by atoms with Crippen molar-refractivity contribution in [2.45, 2.75) is 51.3 Å². The molecule has 2 aromatic rings. The minimum atomic E-state index is -0.669. The summed E-state index contributed by atoms with van der Waals surface area (Å²) in [6.45, 7) is 4.25. The monoisotopic (exact) mass is 370 g/mol. The molecule has 3 heterocycles. The largest absolute Gasteiger partial charge is 0.491 e. The molecule has 1 aromatic carbocycles. The van der Waals surface area contributed by atoms with Gasteiger partial charge in [0.1, 0.15) is 16.9 Å². The van der Waals surface area contributed by atoms with Gasteiger partial charge < -0.3 is 19.4 Å². The Morgan fingerprint density at radius 1 is 1.22 bits per heavy atom. The van der Waals surface area contributed by atoms with Crippen LogP contribution in [0.15, 0.2) is 33.5 Å². The molecule has 1 N–H and O–H groups in total. The smallest absolute Gasteiger partial charge is 0.349 e. The van der Waals surface area contributed by atoms with E-state index in [1.165, 1.54) is 0 Å². The first kappa shape index (κ1) is 17.6. The van der Waals surface area contributed by atoms with E-state index in [9.17, 15) is 14.4 Å². The minimum Gasteiger partial charge on any atom is -0.491 e. The Labute approximate surface area is 156 Å². The van der Waals surface area contributed by atoms with Gasteiger partial charge in [0.05, 0.1) is 6.10 Å². The number of nitrogens with one attached hydrogen (secondary N) is 1. The van der Waals surface area contributed by atoms with Crippen molar-refractivity contribution < 1.29 is 18.7 Å². The molecular formula is C20H22N2O5. The molecule has 0 radical (unpaired) electrons. The molecule has 2 fully saturated rings. The molecule has 7 nitrogen and oxygen atoms in total. The van der Waals surface area contributed by atoms with E-state index in [4.69, 9.17) is 9.15 Å². The number of nitrogens with zero attached hydrogens (tertiary/aromatic N) is 1. The van der Waals surface area contributed by atoms with Gasteiger partial charge in [0.15, 0.2) is 0 Å². The maximum Gasteiger partial charge on any atom is 0.349 e. The van der Waals surface area contributed by atoms with Crippen LogP contribution in [0.3, 0.4) is 0 Å². The number of ether oxygens (including phenoxy) is 1. The van der Waals surface area contributed by atoms with Gasteiger partial charge in [-0.1, -0.05) is 0 Å². The van der Waals surface area contributed by atoms with E-state index >= 15 is 0 Å². The van der Waals surface area contributed by atoms with Gasteiger partial charge in [-0.2, -0.15) is 0 Å². The fraction of sp³-hybridized carbons (Fsp3) is 0.450. The fourth-order valence-electron chi connectivity index (χ4n) is 3.94. The van der Waals surface area contributed by atoms with Crippen molar-refractivity contribution in [2.24, 2.45) is 0 Å². The average molecular weight is 370 g/mol. The van der Waals surface area contributed by atoms with Crippen molar-refractivity contribution in [3.8, 4) is 5.75 Å².